The summed E-state index contributed by atoms with van der Waals surface area (Å²) in [4.78, 5) is 11.1. The van der Waals surface area contributed by atoms with Gasteiger partial charge in [0.15, 0.2) is 6.19 Å². The molecule has 1 aromatic heterocycles. The van der Waals surface area contributed by atoms with Crippen molar-refractivity contribution in [3.8, 4) is 6.19 Å². The van der Waals surface area contributed by atoms with E-state index in [0.717, 1.165) is 5.69 Å². The maximum Gasteiger partial charge on any atom is 0.267 e. The molecule has 62 valence electrons. The lowest BCUT2D eigenvalue weighted by Gasteiger charge is -1.95. The largest absolute Gasteiger partial charge is 0.272 e. The number of nitrogens with zero attached hydrogens (tertiary/aromatic N) is 3. The van der Waals surface area contributed by atoms with Crippen molar-refractivity contribution in [2.45, 2.75) is 6.92 Å². The molecule has 5 nitrogen and oxygen atoms in total. The van der Waals surface area contributed by atoms with Gasteiger partial charge in [-0.3, -0.25) is 14.8 Å². The molecular formula is C7H8N4O. The smallest absolute Gasteiger partial charge is 0.267 e. The van der Waals surface area contributed by atoms with E-state index in [1.54, 1.807) is 24.8 Å². The summed E-state index contributed by atoms with van der Waals surface area (Å²) in [6, 6.07) is 0. The van der Waals surface area contributed by atoms with Crippen LogP contribution in [0.4, 0.5) is 0 Å². The van der Waals surface area contributed by atoms with Gasteiger partial charge in [-0.2, -0.15) is 10.4 Å². The fourth-order valence-electron chi connectivity index (χ4n) is 0.840. The van der Waals surface area contributed by atoms with E-state index in [1.165, 1.54) is 6.20 Å². The average molecular weight is 164 g/mol. The van der Waals surface area contributed by atoms with E-state index in [0.29, 0.717) is 5.56 Å². The van der Waals surface area contributed by atoms with Crippen LogP contribution in [0.25, 0.3) is 0 Å². The van der Waals surface area contributed by atoms with E-state index >= 15 is 0 Å². The van der Waals surface area contributed by atoms with Gasteiger partial charge < -0.3 is 0 Å². The van der Waals surface area contributed by atoms with Crippen molar-refractivity contribution in [2.24, 2.45) is 7.05 Å². The molecule has 0 aliphatic carbocycles. The first-order chi connectivity index (χ1) is 5.66. The summed E-state index contributed by atoms with van der Waals surface area (Å²) < 4.78 is 1.58. The number of nitrogens with one attached hydrogen (secondary N) is 1. The highest BCUT2D eigenvalue weighted by Crippen LogP contribution is 2.04. The predicted molar refractivity (Wildman–Crippen MR) is 41.0 cm³/mol. The third kappa shape index (κ3) is 1.27. The van der Waals surface area contributed by atoms with Crippen LogP contribution in [-0.2, 0) is 7.05 Å². The molecule has 0 aromatic carbocycles. The molecule has 1 N–H and O–H groups in total. The molecule has 0 atom stereocenters. The zero-order valence-corrected chi connectivity index (χ0v) is 6.83. The monoisotopic (exact) mass is 164 g/mol. The van der Waals surface area contributed by atoms with E-state index in [4.69, 9.17) is 5.26 Å². The van der Waals surface area contributed by atoms with Crippen molar-refractivity contribution in [1.82, 2.24) is 15.1 Å². The lowest BCUT2D eigenvalue weighted by molar-refractivity contribution is 0.0972. The molecule has 0 aliphatic heterocycles. The minimum atomic E-state index is -0.414. The summed E-state index contributed by atoms with van der Waals surface area (Å²) in [5, 5.41) is 14.1. The lowest BCUT2D eigenvalue weighted by Crippen LogP contribution is -2.17. The summed E-state index contributed by atoms with van der Waals surface area (Å²) in [5.74, 6) is -0.414. The third-order valence-electron chi connectivity index (χ3n) is 1.65. The van der Waals surface area contributed by atoms with Crippen LogP contribution >= 0.6 is 0 Å². The van der Waals surface area contributed by atoms with Gasteiger partial charge in [0, 0.05) is 12.7 Å². The van der Waals surface area contributed by atoms with Crippen LogP contribution in [0.5, 0.6) is 0 Å². The number of carbonyl (C=O) groups excluding carboxylic acids is 1. The molecule has 0 spiro atoms. The van der Waals surface area contributed by atoms with Crippen molar-refractivity contribution in [1.29, 1.82) is 5.26 Å². The van der Waals surface area contributed by atoms with Gasteiger partial charge in [0.1, 0.15) is 0 Å². The molecule has 1 amide bonds. The highest BCUT2D eigenvalue weighted by atomic mass is 16.1. The number of hydrogen-bond acceptors (Lipinski definition) is 3. The number of aryl methyl sites for hydroxylation is 1. The van der Waals surface area contributed by atoms with Crippen molar-refractivity contribution in [3.63, 3.8) is 0 Å². The Morgan fingerprint density at radius 3 is 2.92 bits per heavy atom. The predicted octanol–water partition coefficient (Wildman–Crippen LogP) is -0.0606. The van der Waals surface area contributed by atoms with Gasteiger partial charge in [-0.05, 0) is 6.92 Å². The molecule has 0 saturated heterocycles. The van der Waals surface area contributed by atoms with Crippen LogP contribution in [0.3, 0.4) is 0 Å². The van der Waals surface area contributed by atoms with Crippen molar-refractivity contribution < 1.29 is 4.79 Å². The minimum absolute atomic E-state index is 0.414. The molecule has 5 heteroatoms. The summed E-state index contributed by atoms with van der Waals surface area (Å²) in [5.41, 5.74) is 1.17. The average Bonchev–Trinajstić information content (AvgIpc) is 2.34. The van der Waals surface area contributed by atoms with E-state index < -0.39 is 5.91 Å². The molecule has 1 rings (SSSR count). The minimum Gasteiger partial charge on any atom is -0.272 e. The molecular weight excluding hydrogens is 156 g/mol. The normalized spacial score (nSPS) is 9.08. The molecule has 0 saturated carbocycles. The van der Waals surface area contributed by atoms with Gasteiger partial charge in [0.2, 0.25) is 0 Å². The maximum atomic E-state index is 11.1. The molecule has 12 heavy (non-hydrogen) atoms. The van der Waals surface area contributed by atoms with E-state index in [1.807, 2.05) is 5.32 Å². The highest BCUT2D eigenvalue weighted by Gasteiger charge is 2.11. The van der Waals surface area contributed by atoms with Gasteiger partial charge in [0.25, 0.3) is 5.91 Å². The van der Waals surface area contributed by atoms with Gasteiger partial charge in [0.05, 0.1) is 11.8 Å². The number of amides is 1. The number of hydrogen-bond donors (Lipinski definition) is 1. The topological polar surface area (TPSA) is 70.7 Å². The Morgan fingerprint density at radius 2 is 2.50 bits per heavy atom. The van der Waals surface area contributed by atoms with Crippen LogP contribution in [0.15, 0.2) is 6.20 Å². The molecule has 0 bridgehead atoms. The Hall–Kier alpha value is -1.83. The van der Waals surface area contributed by atoms with Crippen LogP contribution in [0.2, 0.25) is 0 Å². The number of carbonyl (C=O) groups is 1. The van der Waals surface area contributed by atoms with E-state index in [2.05, 4.69) is 5.10 Å². The fourth-order valence-corrected chi connectivity index (χ4v) is 0.840. The van der Waals surface area contributed by atoms with Gasteiger partial charge in [-0.1, -0.05) is 0 Å². The molecule has 0 fully saturated rings. The van der Waals surface area contributed by atoms with Gasteiger partial charge >= 0.3 is 0 Å². The zero-order valence-electron chi connectivity index (χ0n) is 6.83. The summed E-state index contributed by atoms with van der Waals surface area (Å²) >= 11 is 0. The lowest BCUT2D eigenvalue weighted by atomic mass is 10.2. The summed E-state index contributed by atoms with van der Waals surface area (Å²) in [6.45, 7) is 1.76. The second-order valence-electron chi connectivity index (χ2n) is 2.33. The van der Waals surface area contributed by atoms with Crippen molar-refractivity contribution >= 4 is 5.91 Å². The van der Waals surface area contributed by atoms with E-state index in [-0.39, 0.29) is 0 Å². The molecule has 1 heterocycles. The first kappa shape index (κ1) is 8.27. The molecule has 0 aliphatic rings. The SMILES string of the molecule is Cc1c(C(=O)NC#N)cnn1C. The second kappa shape index (κ2) is 3.05. The zero-order chi connectivity index (χ0) is 9.14. The Labute approximate surface area is 69.6 Å². The number of rotatable bonds is 1. The van der Waals surface area contributed by atoms with Crippen molar-refractivity contribution in [2.75, 3.05) is 0 Å². The Kier molecular flexibility index (Phi) is 2.10. The maximum absolute atomic E-state index is 11.1. The van der Waals surface area contributed by atoms with Gasteiger partial charge in [-0.15, -0.1) is 0 Å². The number of aromatic nitrogens is 2. The summed E-state index contributed by atoms with van der Waals surface area (Å²) in [7, 11) is 1.73. The molecule has 1 aromatic rings. The fraction of sp³-hybridized carbons (Fsp3) is 0.286. The molecule has 0 unspecified atom stereocenters. The second-order valence-corrected chi connectivity index (χ2v) is 2.33. The number of nitriles is 1. The quantitative estimate of drug-likeness (QED) is 0.467. The van der Waals surface area contributed by atoms with Gasteiger partial charge in [-0.25, -0.2) is 0 Å². The van der Waals surface area contributed by atoms with Crippen LogP contribution in [0, 0.1) is 18.4 Å². The third-order valence-corrected chi connectivity index (χ3v) is 1.65. The molecule has 0 radical (unpaired) electrons. The standard InChI is InChI=1S/C7H8N4O/c1-5-6(3-10-11(5)2)7(12)9-4-8/h3H,1-2H3,(H,9,12). The van der Waals surface area contributed by atoms with Crippen LogP contribution in [-0.4, -0.2) is 15.7 Å². The van der Waals surface area contributed by atoms with Crippen LogP contribution < -0.4 is 5.32 Å². The highest BCUT2D eigenvalue weighted by molar-refractivity contribution is 5.95. The first-order valence-corrected chi connectivity index (χ1v) is 3.35. The van der Waals surface area contributed by atoms with Crippen molar-refractivity contribution in [3.05, 3.63) is 17.5 Å². The Morgan fingerprint density at radius 1 is 1.83 bits per heavy atom. The first-order valence-electron chi connectivity index (χ1n) is 3.35. The summed E-state index contributed by atoms with van der Waals surface area (Å²) in [6.07, 6.45) is 3.00. The Bertz CT molecular complexity index is 347. The van der Waals surface area contributed by atoms with E-state index in [9.17, 15) is 4.79 Å². The van der Waals surface area contributed by atoms with Crippen LogP contribution in [0.1, 0.15) is 16.1 Å². The Balaban J connectivity index is 2.97.